The zero-order valence-electron chi connectivity index (χ0n) is 18.3. The molecule has 0 radical (unpaired) electrons. The molecule has 0 aliphatic rings. The molecule has 10 heteroatoms. The summed E-state index contributed by atoms with van der Waals surface area (Å²) < 4.78 is 28.7. The van der Waals surface area contributed by atoms with Gasteiger partial charge >= 0.3 is 0 Å². The summed E-state index contributed by atoms with van der Waals surface area (Å²) in [5.74, 6) is -0.166. The average Bonchev–Trinajstić information content (AvgIpc) is 3.12. The third kappa shape index (κ3) is 4.91. The monoisotopic (exact) mass is 461 g/mol. The van der Waals surface area contributed by atoms with Crippen molar-refractivity contribution in [1.29, 1.82) is 0 Å². The zero-order chi connectivity index (χ0) is 22.8. The van der Waals surface area contributed by atoms with Crippen molar-refractivity contribution in [3.63, 3.8) is 0 Å². The van der Waals surface area contributed by atoms with Gasteiger partial charge in [-0.3, -0.25) is 9.20 Å². The number of carbonyl (C=O) groups excluding carboxylic acids is 1. The van der Waals surface area contributed by atoms with Crippen LogP contribution in [0, 0.1) is 13.8 Å². The van der Waals surface area contributed by atoms with Crippen LogP contribution in [0.1, 0.15) is 31.9 Å². The van der Waals surface area contributed by atoms with Crippen molar-refractivity contribution in [1.82, 2.24) is 18.9 Å². The van der Waals surface area contributed by atoms with Gasteiger partial charge in [-0.1, -0.05) is 43.3 Å². The lowest BCUT2D eigenvalue weighted by Gasteiger charge is -2.18. The molecule has 1 amide bonds. The number of sulfonamides is 1. The van der Waals surface area contributed by atoms with Gasteiger partial charge in [0, 0.05) is 25.0 Å². The largest absolute Gasteiger partial charge is 0.325 e. The summed E-state index contributed by atoms with van der Waals surface area (Å²) in [7, 11) is -3.61. The molecule has 0 bridgehead atoms. The van der Waals surface area contributed by atoms with Crippen LogP contribution in [0.5, 0.6) is 0 Å². The van der Waals surface area contributed by atoms with E-state index in [-0.39, 0.29) is 10.8 Å². The van der Waals surface area contributed by atoms with Gasteiger partial charge in [-0.2, -0.15) is 4.31 Å². The van der Waals surface area contributed by atoms with E-state index in [0.29, 0.717) is 23.9 Å². The molecule has 0 aliphatic carbocycles. The fraction of sp³-hybridized carbons (Fsp3) is 0.381. The van der Waals surface area contributed by atoms with Crippen molar-refractivity contribution < 1.29 is 13.2 Å². The molecule has 31 heavy (non-hydrogen) atoms. The molecule has 0 aliphatic heterocycles. The summed E-state index contributed by atoms with van der Waals surface area (Å²) in [6, 6.07) is 8.99. The number of aryl methyl sites for hydroxylation is 2. The Kier molecular flexibility index (Phi) is 7.03. The smallest absolute Gasteiger partial charge is 0.244 e. The van der Waals surface area contributed by atoms with Crippen molar-refractivity contribution in [3.8, 4) is 0 Å². The molecule has 3 rings (SSSR count). The minimum absolute atomic E-state index is 0.165. The normalized spacial score (nSPS) is 13.0. The van der Waals surface area contributed by atoms with Crippen LogP contribution >= 0.6 is 11.8 Å². The van der Waals surface area contributed by atoms with Crippen LogP contribution in [0.2, 0.25) is 0 Å². The Hall–Kier alpha value is -2.43. The number of anilines is 1. The van der Waals surface area contributed by atoms with E-state index >= 15 is 0 Å². The molecule has 3 aromatic rings. The van der Waals surface area contributed by atoms with E-state index in [9.17, 15) is 13.2 Å². The summed E-state index contributed by atoms with van der Waals surface area (Å²) in [5.41, 5.74) is 3.40. The molecule has 1 N–H and O–H groups in total. The number of aromatic nitrogens is 3. The maximum atomic E-state index is 12.9. The average molecular weight is 462 g/mol. The van der Waals surface area contributed by atoms with Crippen molar-refractivity contribution in [2.24, 2.45) is 0 Å². The highest BCUT2D eigenvalue weighted by atomic mass is 32.2. The Balaban J connectivity index is 1.83. The van der Waals surface area contributed by atoms with Gasteiger partial charge in [-0.25, -0.2) is 8.42 Å². The Morgan fingerprint density at radius 1 is 1.16 bits per heavy atom. The Morgan fingerprint density at radius 3 is 2.52 bits per heavy atom. The number of hydrogen-bond acceptors (Lipinski definition) is 6. The fourth-order valence-corrected chi connectivity index (χ4v) is 5.48. The molecular weight excluding hydrogens is 434 g/mol. The first-order valence-electron chi connectivity index (χ1n) is 10.1. The second-order valence-electron chi connectivity index (χ2n) is 7.23. The Morgan fingerprint density at radius 2 is 1.87 bits per heavy atom. The van der Waals surface area contributed by atoms with E-state index in [4.69, 9.17) is 0 Å². The van der Waals surface area contributed by atoms with Crippen LogP contribution in [-0.4, -0.2) is 51.6 Å². The van der Waals surface area contributed by atoms with E-state index < -0.39 is 15.3 Å². The second kappa shape index (κ2) is 9.37. The number of benzene rings is 1. The maximum absolute atomic E-state index is 12.9. The number of amides is 1. The first kappa shape index (κ1) is 23.2. The topological polar surface area (TPSA) is 96.7 Å². The minimum atomic E-state index is -3.61. The highest BCUT2D eigenvalue weighted by molar-refractivity contribution is 8.00. The predicted octanol–water partition coefficient (Wildman–Crippen LogP) is 3.50. The van der Waals surface area contributed by atoms with Crippen LogP contribution in [0.3, 0.4) is 0 Å². The van der Waals surface area contributed by atoms with Gasteiger partial charge in [-0.15, -0.1) is 10.2 Å². The van der Waals surface area contributed by atoms with E-state index in [1.54, 1.807) is 31.2 Å². The van der Waals surface area contributed by atoms with Crippen molar-refractivity contribution in [3.05, 3.63) is 47.7 Å². The number of nitrogens with one attached hydrogen (secondary N) is 1. The van der Waals surface area contributed by atoms with Gasteiger partial charge in [0.25, 0.3) is 0 Å². The van der Waals surface area contributed by atoms with Crippen LogP contribution in [0.25, 0.3) is 5.65 Å². The number of pyridine rings is 1. The van der Waals surface area contributed by atoms with Crippen LogP contribution in [-0.2, 0) is 14.8 Å². The summed E-state index contributed by atoms with van der Waals surface area (Å²) in [5, 5.41) is 11.2. The van der Waals surface area contributed by atoms with E-state index in [1.807, 2.05) is 32.0 Å². The number of rotatable bonds is 8. The quantitative estimate of drug-likeness (QED) is 0.516. The highest BCUT2D eigenvalue weighted by Gasteiger charge is 2.24. The standard InChI is InChI=1S/C21H27N5O3S2/c1-6-25(7-2)31(28,29)17-9-11-19-23-24-21(26(19)13-17)30-16(5)20(27)22-18-10-8-14(3)12-15(18)4/h8-13,16H,6-7H2,1-5H3,(H,22,27)/t16-/m0/s1. The van der Waals surface area contributed by atoms with Crippen molar-refractivity contribution in [2.45, 2.75) is 49.9 Å². The van der Waals surface area contributed by atoms with Crippen LogP contribution < -0.4 is 5.32 Å². The lowest BCUT2D eigenvalue weighted by molar-refractivity contribution is -0.115. The lowest BCUT2D eigenvalue weighted by atomic mass is 10.1. The second-order valence-corrected chi connectivity index (χ2v) is 10.5. The van der Waals surface area contributed by atoms with Gasteiger partial charge in [-0.05, 0) is 44.5 Å². The third-order valence-electron chi connectivity index (χ3n) is 4.98. The first-order chi connectivity index (χ1) is 14.7. The summed E-state index contributed by atoms with van der Waals surface area (Å²) in [6.45, 7) is 10.1. The molecule has 1 aromatic carbocycles. The molecular formula is C21H27N5O3S2. The number of hydrogen-bond donors (Lipinski definition) is 1. The highest BCUT2D eigenvalue weighted by Crippen LogP contribution is 2.26. The van der Waals surface area contributed by atoms with Gasteiger partial charge in [0.2, 0.25) is 15.9 Å². The minimum Gasteiger partial charge on any atom is -0.325 e. The molecule has 2 aromatic heterocycles. The molecule has 0 fully saturated rings. The molecule has 0 spiro atoms. The Bertz CT molecular complexity index is 1200. The van der Waals surface area contributed by atoms with Crippen molar-refractivity contribution in [2.75, 3.05) is 18.4 Å². The predicted molar refractivity (Wildman–Crippen MR) is 123 cm³/mol. The number of nitrogens with zero attached hydrogens (tertiary/aromatic N) is 4. The molecule has 0 saturated carbocycles. The van der Waals surface area contributed by atoms with Gasteiger partial charge in [0.05, 0.1) is 10.1 Å². The zero-order valence-corrected chi connectivity index (χ0v) is 19.9. The fourth-order valence-electron chi connectivity index (χ4n) is 3.20. The number of thioether (sulfide) groups is 1. The molecule has 0 unspecified atom stereocenters. The summed E-state index contributed by atoms with van der Waals surface area (Å²) >= 11 is 1.22. The first-order valence-corrected chi connectivity index (χ1v) is 12.4. The summed E-state index contributed by atoms with van der Waals surface area (Å²) in [4.78, 5) is 12.9. The SMILES string of the molecule is CCN(CC)S(=O)(=O)c1ccc2nnc(S[C@@H](C)C(=O)Nc3ccc(C)cc3C)n2c1. The van der Waals surface area contributed by atoms with Gasteiger partial charge < -0.3 is 5.32 Å². The molecule has 8 nitrogen and oxygen atoms in total. The molecule has 2 heterocycles. The third-order valence-corrected chi connectivity index (χ3v) is 8.07. The van der Waals surface area contributed by atoms with Crippen molar-refractivity contribution >= 4 is 39.0 Å². The van der Waals surface area contributed by atoms with Crippen LogP contribution in [0.15, 0.2) is 46.6 Å². The molecule has 0 saturated heterocycles. The van der Waals surface area contributed by atoms with E-state index in [2.05, 4.69) is 15.5 Å². The molecule has 1 atom stereocenters. The maximum Gasteiger partial charge on any atom is 0.244 e. The number of carbonyl (C=O) groups is 1. The number of fused-ring (bicyclic) bond motifs is 1. The van der Waals surface area contributed by atoms with E-state index in [0.717, 1.165) is 16.8 Å². The van der Waals surface area contributed by atoms with E-state index in [1.165, 1.54) is 28.3 Å². The van der Waals surface area contributed by atoms with Gasteiger partial charge in [0.15, 0.2) is 10.8 Å². The Labute approximate surface area is 187 Å². The van der Waals surface area contributed by atoms with Crippen LogP contribution in [0.4, 0.5) is 5.69 Å². The lowest BCUT2D eigenvalue weighted by Crippen LogP contribution is -2.30. The summed E-state index contributed by atoms with van der Waals surface area (Å²) in [6.07, 6.45) is 1.51. The van der Waals surface area contributed by atoms with Gasteiger partial charge in [0.1, 0.15) is 0 Å². The molecule has 166 valence electrons.